The summed E-state index contributed by atoms with van der Waals surface area (Å²) in [5.41, 5.74) is -0.308. The number of sulfonamides is 1. The lowest BCUT2D eigenvalue weighted by atomic mass is 10.2. The number of carbonyl (C=O) groups is 1. The van der Waals surface area contributed by atoms with Gasteiger partial charge in [0, 0.05) is 24.7 Å². The molecule has 0 radical (unpaired) electrons. The van der Waals surface area contributed by atoms with Crippen LogP contribution in [0, 0.1) is 11.6 Å². The molecular formula is C12H14F2N2O3S. The quantitative estimate of drug-likeness (QED) is 0.598. The van der Waals surface area contributed by atoms with Gasteiger partial charge >= 0.3 is 0 Å². The van der Waals surface area contributed by atoms with E-state index in [9.17, 15) is 22.0 Å². The van der Waals surface area contributed by atoms with E-state index >= 15 is 0 Å². The van der Waals surface area contributed by atoms with Crippen LogP contribution in [-0.4, -0.2) is 33.7 Å². The van der Waals surface area contributed by atoms with E-state index < -0.39 is 27.6 Å². The van der Waals surface area contributed by atoms with Gasteiger partial charge in [0.05, 0.1) is 6.26 Å². The highest BCUT2D eigenvalue weighted by Gasteiger charge is 2.05. The Morgan fingerprint density at radius 1 is 1.25 bits per heavy atom. The van der Waals surface area contributed by atoms with Crippen LogP contribution in [0.25, 0.3) is 6.08 Å². The van der Waals surface area contributed by atoms with Crippen LogP contribution in [-0.2, 0) is 14.8 Å². The lowest BCUT2D eigenvalue weighted by Crippen LogP contribution is -2.33. The van der Waals surface area contributed by atoms with Crippen LogP contribution < -0.4 is 10.0 Å². The van der Waals surface area contributed by atoms with Crippen molar-refractivity contribution in [2.24, 2.45) is 0 Å². The third kappa shape index (κ3) is 5.89. The van der Waals surface area contributed by atoms with Gasteiger partial charge in [0.1, 0.15) is 11.6 Å². The summed E-state index contributed by atoms with van der Waals surface area (Å²) in [6.07, 6.45) is 2.99. The van der Waals surface area contributed by atoms with Gasteiger partial charge in [-0.1, -0.05) is 6.07 Å². The highest BCUT2D eigenvalue weighted by Crippen LogP contribution is 2.13. The van der Waals surface area contributed by atoms with Crippen LogP contribution in [0.15, 0.2) is 24.3 Å². The van der Waals surface area contributed by atoms with Gasteiger partial charge in [-0.3, -0.25) is 4.79 Å². The summed E-state index contributed by atoms with van der Waals surface area (Å²) in [6.45, 7) is 0.0997. The second-order valence-electron chi connectivity index (χ2n) is 3.93. The third-order valence-electron chi connectivity index (χ3n) is 2.19. The van der Waals surface area contributed by atoms with E-state index in [1.807, 2.05) is 0 Å². The summed E-state index contributed by atoms with van der Waals surface area (Å²) in [7, 11) is -3.31. The molecule has 0 fully saturated rings. The van der Waals surface area contributed by atoms with Gasteiger partial charge < -0.3 is 5.32 Å². The number of hydrogen-bond acceptors (Lipinski definition) is 3. The highest BCUT2D eigenvalue weighted by atomic mass is 32.2. The van der Waals surface area contributed by atoms with E-state index in [0.29, 0.717) is 0 Å². The van der Waals surface area contributed by atoms with Crippen LogP contribution in [0.4, 0.5) is 8.78 Å². The summed E-state index contributed by atoms with van der Waals surface area (Å²) in [4.78, 5) is 11.3. The van der Waals surface area contributed by atoms with Gasteiger partial charge in [0.15, 0.2) is 0 Å². The average Bonchev–Trinajstić information content (AvgIpc) is 2.33. The second-order valence-corrected chi connectivity index (χ2v) is 5.76. The van der Waals surface area contributed by atoms with Crippen molar-refractivity contribution >= 4 is 22.0 Å². The Bertz CT molecular complexity index is 595. The Hall–Kier alpha value is -1.80. The summed E-state index contributed by atoms with van der Waals surface area (Å²) in [5, 5.41) is 2.37. The fraction of sp³-hybridized carbons (Fsp3) is 0.250. The molecule has 0 bridgehead atoms. The zero-order valence-electron chi connectivity index (χ0n) is 10.7. The molecule has 110 valence electrons. The standard InChI is InChI=1S/C12H14F2N2O3S/c1-20(18,19)16-8-7-15-12(17)6-5-9-10(13)3-2-4-11(9)14/h2-6,16H,7-8H2,1H3,(H,15,17)/b6-5+. The maximum absolute atomic E-state index is 13.2. The first-order chi connectivity index (χ1) is 9.29. The number of nitrogens with one attached hydrogen (secondary N) is 2. The summed E-state index contributed by atoms with van der Waals surface area (Å²) in [6, 6.07) is 3.38. The number of halogens is 2. The number of amides is 1. The van der Waals surface area contributed by atoms with Gasteiger partial charge in [-0.15, -0.1) is 0 Å². The third-order valence-corrected chi connectivity index (χ3v) is 2.92. The van der Waals surface area contributed by atoms with Crippen molar-refractivity contribution in [3.8, 4) is 0 Å². The van der Waals surface area contributed by atoms with Crippen LogP contribution in [0.1, 0.15) is 5.56 Å². The molecule has 1 amide bonds. The summed E-state index contributed by atoms with van der Waals surface area (Å²) in [5.74, 6) is -2.12. The van der Waals surface area contributed by atoms with Crippen molar-refractivity contribution < 1.29 is 22.0 Å². The number of rotatable bonds is 6. The Morgan fingerprint density at radius 3 is 2.40 bits per heavy atom. The molecule has 2 N–H and O–H groups in total. The molecule has 0 saturated carbocycles. The first-order valence-corrected chi connectivity index (χ1v) is 7.53. The molecule has 1 aromatic rings. The normalized spacial score (nSPS) is 11.8. The van der Waals surface area contributed by atoms with Crippen molar-refractivity contribution in [1.29, 1.82) is 0 Å². The topological polar surface area (TPSA) is 75.3 Å². The van der Waals surface area contributed by atoms with Crippen LogP contribution in [0.2, 0.25) is 0 Å². The van der Waals surface area contributed by atoms with Crippen LogP contribution >= 0.6 is 0 Å². The molecule has 0 spiro atoms. The molecule has 1 rings (SSSR count). The molecule has 8 heteroatoms. The Morgan fingerprint density at radius 2 is 1.85 bits per heavy atom. The molecule has 0 aromatic heterocycles. The molecule has 0 aliphatic rings. The molecule has 0 saturated heterocycles. The van der Waals surface area contributed by atoms with E-state index in [0.717, 1.165) is 30.5 Å². The average molecular weight is 304 g/mol. The van der Waals surface area contributed by atoms with Crippen molar-refractivity contribution in [1.82, 2.24) is 10.0 Å². The van der Waals surface area contributed by atoms with Crippen LogP contribution in [0.3, 0.4) is 0 Å². The maximum Gasteiger partial charge on any atom is 0.244 e. The molecule has 5 nitrogen and oxygen atoms in total. The second kappa shape index (κ2) is 7.11. The zero-order valence-corrected chi connectivity index (χ0v) is 11.5. The summed E-state index contributed by atoms with van der Waals surface area (Å²) >= 11 is 0. The monoisotopic (exact) mass is 304 g/mol. The van der Waals surface area contributed by atoms with E-state index in [1.54, 1.807) is 0 Å². The molecule has 0 atom stereocenters. The van der Waals surface area contributed by atoms with Gasteiger partial charge in [-0.25, -0.2) is 21.9 Å². The molecule has 0 aliphatic heterocycles. The first kappa shape index (κ1) is 16.3. The van der Waals surface area contributed by atoms with Gasteiger partial charge in [0.25, 0.3) is 0 Å². The molecule has 20 heavy (non-hydrogen) atoms. The minimum absolute atomic E-state index is 0.0342. The Kier molecular flexibility index (Phi) is 5.78. The lowest BCUT2D eigenvalue weighted by molar-refractivity contribution is -0.116. The largest absolute Gasteiger partial charge is 0.351 e. The molecule has 0 unspecified atom stereocenters. The predicted octanol–water partition coefficient (Wildman–Crippen LogP) is 0.643. The maximum atomic E-state index is 13.2. The highest BCUT2D eigenvalue weighted by molar-refractivity contribution is 7.88. The van der Waals surface area contributed by atoms with E-state index in [1.165, 1.54) is 6.07 Å². The van der Waals surface area contributed by atoms with Gasteiger partial charge in [-0.2, -0.15) is 0 Å². The smallest absolute Gasteiger partial charge is 0.244 e. The van der Waals surface area contributed by atoms with Gasteiger partial charge in [-0.05, 0) is 18.2 Å². The summed E-state index contributed by atoms with van der Waals surface area (Å²) < 4.78 is 50.1. The Balaban J connectivity index is 2.48. The SMILES string of the molecule is CS(=O)(=O)NCCNC(=O)/C=C/c1c(F)cccc1F. The zero-order chi connectivity index (χ0) is 15.2. The fourth-order valence-corrected chi connectivity index (χ4v) is 1.78. The Labute approximate surface area is 115 Å². The van der Waals surface area contributed by atoms with Crippen molar-refractivity contribution in [3.05, 3.63) is 41.5 Å². The van der Waals surface area contributed by atoms with Crippen molar-refractivity contribution in [3.63, 3.8) is 0 Å². The molecule has 0 aliphatic carbocycles. The minimum Gasteiger partial charge on any atom is -0.351 e. The van der Waals surface area contributed by atoms with E-state index in [2.05, 4.69) is 10.0 Å². The molecule has 0 heterocycles. The van der Waals surface area contributed by atoms with E-state index in [4.69, 9.17) is 0 Å². The molecular weight excluding hydrogens is 290 g/mol. The van der Waals surface area contributed by atoms with E-state index in [-0.39, 0.29) is 18.7 Å². The van der Waals surface area contributed by atoms with Crippen molar-refractivity contribution in [2.75, 3.05) is 19.3 Å². The minimum atomic E-state index is -3.31. The number of benzene rings is 1. The van der Waals surface area contributed by atoms with Crippen LogP contribution in [0.5, 0.6) is 0 Å². The number of carbonyl (C=O) groups excluding carboxylic acids is 1. The number of hydrogen-bond donors (Lipinski definition) is 2. The molecule has 1 aromatic carbocycles. The first-order valence-electron chi connectivity index (χ1n) is 5.64. The van der Waals surface area contributed by atoms with Crippen molar-refractivity contribution in [2.45, 2.75) is 0 Å². The lowest BCUT2D eigenvalue weighted by Gasteiger charge is -2.03. The van der Waals surface area contributed by atoms with Gasteiger partial charge in [0.2, 0.25) is 15.9 Å². The predicted molar refractivity (Wildman–Crippen MR) is 71.2 cm³/mol. The fourth-order valence-electron chi connectivity index (χ4n) is 1.31.